The van der Waals surface area contributed by atoms with Gasteiger partial charge in [-0.3, -0.25) is 0 Å². The summed E-state index contributed by atoms with van der Waals surface area (Å²) in [6.45, 7) is 3.22. The van der Waals surface area contributed by atoms with E-state index in [0.717, 1.165) is 21.3 Å². The van der Waals surface area contributed by atoms with Crippen molar-refractivity contribution < 1.29 is 0 Å². The van der Waals surface area contributed by atoms with E-state index in [4.69, 9.17) is 0 Å². The van der Waals surface area contributed by atoms with Crippen molar-refractivity contribution in [3.63, 3.8) is 0 Å². The summed E-state index contributed by atoms with van der Waals surface area (Å²) in [6, 6.07) is 13.4. The molecule has 1 aromatic heterocycles. The van der Waals surface area contributed by atoms with Crippen molar-refractivity contribution in [2.75, 3.05) is 0 Å². The molecule has 0 aliphatic rings. The van der Waals surface area contributed by atoms with Crippen molar-refractivity contribution in [2.45, 2.75) is 13.5 Å². The van der Waals surface area contributed by atoms with Crippen LogP contribution in [-0.4, -0.2) is 14.8 Å². The lowest BCUT2D eigenvalue weighted by Crippen LogP contribution is -2.00. The van der Waals surface area contributed by atoms with E-state index in [1.165, 1.54) is 27.0 Å². The second-order valence-corrected chi connectivity index (χ2v) is 6.50. The zero-order valence-electron chi connectivity index (χ0n) is 10.00. The average molecular weight is 304 g/mol. The number of rotatable bonds is 1. The Kier molecular flexibility index (Phi) is 2.60. The summed E-state index contributed by atoms with van der Waals surface area (Å²) in [5.41, 5.74) is 2.68. The normalized spacial score (nSPS) is 11.6. The minimum atomic E-state index is 1.02. The molecule has 0 aliphatic heterocycles. The zero-order valence-corrected chi connectivity index (χ0v) is 13.6. The van der Waals surface area contributed by atoms with Crippen LogP contribution in [0.25, 0.3) is 21.8 Å². The summed E-state index contributed by atoms with van der Waals surface area (Å²) in [4.78, 5) is 0. The third-order valence-electron chi connectivity index (χ3n) is 3.30. The Morgan fingerprint density at radius 1 is 1.06 bits per heavy atom. The fraction of sp³-hybridized carbons (Fsp3) is 0.143. The quantitative estimate of drug-likeness (QED) is 0.609. The minimum Gasteiger partial charge on any atom is -0.341 e. The molecule has 1 nitrogen and oxygen atoms in total. The molecular weight excluding hydrogens is 290 g/mol. The molecule has 1 heterocycles. The fourth-order valence-corrected chi connectivity index (χ4v) is 3.35. The standard InChI is InChI=1S/C14H14BrNSi/c1-2-16-13-5-3-9(15)7-11(13)12-8-10(17)4-6-14(12)16/h3-8H,2H2,1,17H3. The van der Waals surface area contributed by atoms with E-state index in [9.17, 15) is 0 Å². The number of aromatic nitrogens is 1. The molecule has 0 atom stereocenters. The molecular formula is C14H14BrNSi. The van der Waals surface area contributed by atoms with Crippen LogP contribution in [0.5, 0.6) is 0 Å². The van der Waals surface area contributed by atoms with Crippen molar-refractivity contribution in [2.24, 2.45) is 0 Å². The third kappa shape index (κ3) is 1.65. The summed E-state index contributed by atoms with van der Waals surface area (Å²) >= 11 is 3.57. The molecule has 0 amide bonds. The summed E-state index contributed by atoms with van der Waals surface area (Å²) < 4.78 is 3.54. The number of halogens is 1. The zero-order chi connectivity index (χ0) is 12.0. The second-order valence-electron chi connectivity index (χ2n) is 4.43. The van der Waals surface area contributed by atoms with E-state index in [1.807, 2.05) is 0 Å². The Morgan fingerprint density at radius 2 is 1.71 bits per heavy atom. The van der Waals surface area contributed by atoms with Crippen molar-refractivity contribution >= 4 is 53.2 Å². The maximum Gasteiger partial charge on any atom is 0.0492 e. The average Bonchev–Trinajstić information content (AvgIpc) is 2.62. The van der Waals surface area contributed by atoms with Gasteiger partial charge in [-0.05, 0) is 31.2 Å². The van der Waals surface area contributed by atoms with Gasteiger partial charge >= 0.3 is 0 Å². The first-order valence-electron chi connectivity index (χ1n) is 5.89. The first-order chi connectivity index (χ1) is 8.20. The smallest absolute Gasteiger partial charge is 0.0492 e. The molecule has 0 spiro atoms. The lowest BCUT2D eigenvalue weighted by molar-refractivity contribution is 0.827. The van der Waals surface area contributed by atoms with Crippen LogP contribution in [0.4, 0.5) is 0 Å². The number of fused-ring (bicyclic) bond motifs is 3. The second kappa shape index (κ2) is 4.00. The number of hydrogen-bond donors (Lipinski definition) is 0. The van der Waals surface area contributed by atoms with Crippen molar-refractivity contribution in [1.82, 2.24) is 4.57 Å². The number of nitrogens with zero attached hydrogens (tertiary/aromatic N) is 1. The lowest BCUT2D eigenvalue weighted by Gasteiger charge is -2.02. The molecule has 3 aromatic rings. The van der Waals surface area contributed by atoms with Gasteiger partial charge < -0.3 is 4.57 Å². The maximum atomic E-state index is 3.57. The van der Waals surface area contributed by atoms with Gasteiger partial charge in [-0.25, -0.2) is 0 Å². The lowest BCUT2D eigenvalue weighted by atomic mass is 10.1. The molecule has 17 heavy (non-hydrogen) atoms. The van der Waals surface area contributed by atoms with Crippen LogP contribution in [0, 0.1) is 0 Å². The van der Waals surface area contributed by atoms with E-state index in [2.05, 4.69) is 63.8 Å². The first kappa shape index (κ1) is 11.1. The molecule has 0 N–H and O–H groups in total. The molecule has 86 valence electrons. The summed E-state index contributed by atoms with van der Waals surface area (Å²) in [5.74, 6) is 0. The highest BCUT2D eigenvalue weighted by Gasteiger charge is 2.09. The van der Waals surface area contributed by atoms with E-state index < -0.39 is 0 Å². The van der Waals surface area contributed by atoms with Gasteiger partial charge in [-0.2, -0.15) is 0 Å². The molecule has 0 unspecified atom stereocenters. The van der Waals surface area contributed by atoms with Crippen LogP contribution in [0.2, 0.25) is 0 Å². The van der Waals surface area contributed by atoms with E-state index in [1.54, 1.807) is 0 Å². The molecule has 3 heteroatoms. The van der Waals surface area contributed by atoms with Crippen LogP contribution in [-0.2, 0) is 6.54 Å². The Labute approximate surface area is 112 Å². The maximum absolute atomic E-state index is 3.57. The first-order valence-corrected chi connectivity index (χ1v) is 7.68. The van der Waals surface area contributed by atoms with Gasteiger partial charge in [0.2, 0.25) is 0 Å². The van der Waals surface area contributed by atoms with Crippen LogP contribution in [0.1, 0.15) is 6.92 Å². The van der Waals surface area contributed by atoms with Crippen molar-refractivity contribution in [3.8, 4) is 0 Å². The highest BCUT2D eigenvalue weighted by molar-refractivity contribution is 9.10. The highest BCUT2D eigenvalue weighted by Crippen LogP contribution is 2.30. The van der Waals surface area contributed by atoms with Crippen LogP contribution >= 0.6 is 15.9 Å². The minimum absolute atomic E-state index is 1.02. The van der Waals surface area contributed by atoms with E-state index >= 15 is 0 Å². The molecule has 0 fully saturated rings. The monoisotopic (exact) mass is 303 g/mol. The van der Waals surface area contributed by atoms with Gasteiger partial charge in [0.1, 0.15) is 0 Å². The highest BCUT2D eigenvalue weighted by atomic mass is 79.9. The molecule has 0 bridgehead atoms. The summed E-state index contributed by atoms with van der Waals surface area (Å²) in [7, 11) is 1.11. The van der Waals surface area contributed by atoms with Crippen LogP contribution in [0.3, 0.4) is 0 Å². The van der Waals surface area contributed by atoms with Crippen molar-refractivity contribution in [1.29, 1.82) is 0 Å². The number of benzene rings is 2. The molecule has 0 radical (unpaired) electrons. The predicted molar refractivity (Wildman–Crippen MR) is 82.4 cm³/mol. The number of hydrogen-bond acceptors (Lipinski definition) is 0. The van der Waals surface area contributed by atoms with E-state index in [0.29, 0.717) is 0 Å². The van der Waals surface area contributed by atoms with Gasteiger partial charge in [0.25, 0.3) is 0 Å². The van der Waals surface area contributed by atoms with Crippen molar-refractivity contribution in [3.05, 3.63) is 40.9 Å². The largest absolute Gasteiger partial charge is 0.341 e. The molecule has 3 rings (SSSR count). The predicted octanol–water partition coefficient (Wildman–Crippen LogP) is 2.57. The van der Waals surface area contributed by atoms with Crippen LogP contribution in [0.15, 0.2) is 40.9 Å². The van der Waals surface area contributed by atoms with Crippen LogP contribution < -0.4 is 5.19 Å². The summed E-state index contributed by atoms with van der Waals surface area (Å²) in [6.07, 6.45) is 0. The van der Waals surface area contributed by atoms with Gasteiger partial charge in [0.05, 0.1) is 0 Å². The molecule has 0 saturated heterocycles. The summed E-state index contributed by atoms with van der Waals surface area (Å²) in [5, 5.41) is 4.19. The van der Waals surface area contributed by atoms with Gasteiger partial charge in [0, 0.05) is 43.1 Å². The van der Waals surface area contributed by atoms with Gasteiger partial charge in [-0.1, -0.05) is 33.2 Å². The fourth-order valence-electron chi connectivity index (χ4n) is 2.53. The Morgan fingerprint density at radius 3 is 2.41 bits per heavy atom. The third-order valence-corrected chi connectivity index (χ3v) is 4.41. The molecule has 2 aromatic carbocycles. The van der Waals surface area contributed by atoms with E-state index in [-0.39, 0.29) is 0 Å². The van der Waals surface area contributed by atoms with Gasteiger partial charge in [-0.15, -0.1) is 0 Å². The molecule has 0 aliphatic carbocycles. The topological polar surface area (TPSA) is 4.93 Å². The molecule has 0 saturated carbocycles. The Balaban J connectivity index is 2.57. The SMILES string of the molecule is CCn1c2ccc([SiH3])cc2c2cc(Br)ccc21. The Hall–Kier alpha value is -1.06. The Bertz CT molecular complexity index is 656. The number of aryl methyl sites for hydroxylation is 1. The van der Waals surface area contributed by atoms with Gasteiger partial charge in [0.15, 0.2) is 0 Å².